The van der Waals surface area contributed by atoms with Crippen LogP contribution in [-0.4, -0.2) is 46.8 Å². The first kappa shape index (κ1) is 30.3. The van der Waals surface area contributed by atoms with Gasteiger partial charge in [-0.15, -0.1) is 11.3 Å². The highest BCUT2D eigenvalue weighted by molar-refractivity contribution is 7.91. The Kier molecular flexibility index (Phi) is 9.21. The molecule has 0 atom stereocenters. The SMILES string of the molecule is CCCCN(Cc1nc2ccccc2n1Cc1ccccc1CN1CCCCC1)S(=O)(=O)c1sc2ccc(Cl)cc2c1C. The lowest BCUT2D eigenvalue weighted by Crippen LogP contribution is -2.33. The fraction of sp³-hybridized carbons (Fsp3) is 0.382. The van der Waals surface area contributed by atoms with Crippen LogP contribution in [0.1, 0.15) is 61.5 Å². The summed E-state index contributed by atoms with van der Waals surface area (Å²) in [5, 5.41) is 1.50. The number of sulfonamides is 1. The number of aromatic nitrogens is 2. The van der Waals surface area contributed by atoms with Gasteiger partial charge in [-0.05, 0) is 91.7 Å². The van der Waals surface area contributed by atoms with Gasteiger partial charge in [0.25, 0.3) is 10.0 Å². The lowest BCUT2D eigenvalue weighted by Gasteiger charge is -2.27. The summed E-state index contributed by atoms with van der Waals surface area (Å²) < 4.78 is 33.8. The summed E-state index contributed by atoms with van der Waals surface area (Å²) in [5.74, 6) is 0.760. The summed E-state index contributed by atoms with van der Waals surface area (Å²) in [6.45, 7) is 8.47. The van der Waals surface area contributed by atoms with Crippen molar-refractivity contribution in [1.82, 2.24) is 18.8 Å². The van der Waals surface area contributed by atoms with E-state index in [1.165, 1.54) is 41.7 Å². The van der Waals surface area contributed by atoms with Crippen molar-refractivity contribution in [1.29, 1.82) is 0 Å². The molecule has 43 heavy (non-hydrogen) atoms. The minimum absolute atomic E-state index is 0.208. The maximum atomic E-state index is 14.3. The topological polar surface area (TPSA) is 58.4 Å². The smallest absolute Gasteiger partial charge is 0.253 e. The number of rotatable bonds is 11. The Bertz CT molecular complexity index is 1840. The van der Waals surface area contributed by atoms with Crippen LogP contribution in [0.5, 0.6) is 0 Å². The van der Waals surface area contributed by atoms with Gasteiger partial charge in [0, 0.05) is 29.4 Å². The predicted molar refractivity (Wildman–Crippen MR) is 178 cm³/mol. The first-order valence-corrected chi connectivity index (χ1v) is 17.9. The average molecular weight is 635 g/mol. The molecule has 0 bridgehead atoms. The number of nitrogens with zero attached hydrogens (tertiary/aromatic N) is 4. The van der Waals surface area contributed by atoms with Gasteiger partial charge in [0.15, 0.2) is 0 Å². The largest absolute Gasteiger partial charge is 0.322 e. The molecule has 0 radical (unpaired) electrons. The van der Waals surface area contributed by atoms with Crippen molar-refractivity contribution in [3.8, 4) is 0 Å². The first-order valence-electron chi connectivity index (χ1n) is 15.3. The molecule has 6 rings (SSSR count). The molecule has 1 saturated heterocycles. The van der Waals surface area contributed by atoms with Gasteiger partial charge in [0.1, 0.15) is 10.0 Å². The number of halogens is 1. The molecule has 0 amide bonds. The third-order valence-corrected chi connectivity index (χ3v) is 12.5. The molecule has 3 heterocycles. The molecule has 1 aliphatic heterocycles. The molecule has 0 spiro atoms. The molecule has 226 valence electrons. The monoisotopic (exact) mass is 634 g/mol. The molecule has 0 N–H and O–H groups in total. The second-order valence-corrected chi connectivity index (χ2v) is 15.2. The highest BCUT2D eigenvalue weighted by Gasteiger charge is 2.30. The molecule has 0 aliphatic carbocycles. The van der Waals surface area contributed by atoms with Gasteiger partial charge < -0.3 is 4.57 Å². The highest BCUT2D eigenvalue weighted by atomic mass is 35.5. The number of para-hydroxylation sites is 2. The van der Waals surface area contributed by atoms with Crippen LogP contribution in [0, 0.1) is 6.92 Å². The van der Waals surface area contributed by atoms with Gasteiger partial charge in [-0.2, -0.15) is 4.31 Å². The molecular formula is C34H39ClN4O2S2. The standard InChI is InChI=1S/C34H39ClN4O2S2/c1-3-4-20-38(43(40,41)34-25(2)29-21-28(35)16-17-32(29)42-34)24-33-36-30-14-8-9-15-31(30)39(33)23-27-13-7-6-12-26(27)22-37-18-10-5-11-19-37/h6-9,12-17,21H,3-5,10-11,18-20,22-24H2,1-2H3. The summed E-state index contributed by atoms with van der Waals surface area (Å²) in [6.07, 6.45) is 5.50. The van der Waals surface area contributed by atoms with E-state index in [1.54, 1.807) is 4.31 Å². The van der Waals surface area contributed by atoms with Crippen molar-refractivity contribution < 1.29 is 8.42 Å². The van der Waals surface area contributed by atoms with E-state index >= 15 is 0 Å². The van der Waals surface area contributed by atoms with Crippen LogP contribution in [0.4, 0.5) is 0 Å². The lowest BCUT2D eigenvalue weighted by atomic mass is 10.0. The Morgan fingerprint density at radius 1 is 0.953 bits per heavy atom. The average Bonchev–Trinajstić information content (AvgIpc) is 3.53. The summed E-state index contributed by atoms with van der Waals surface area (Å²) >= 11 is 7.59. The number of thiophene rings is 1. The van der Waals surface area contributed by atoms with Crippen LogP contribution < -0.4 is 0 Å². The van der Waals surface area contributed by atoms with E-state index in [9.17, 15) is 8.42 Å². The number of hydrogen-bond acceptors (Lipinski definition) is 5. The molecule has 2 aromatic heterocycles. The quantitative estimate of drug-likeness (QED) is 0.147. The Hall–Kier alpha value is -2.75. The summed E-state index contributed by atoms with van der Waals surface area (Å²) in [7, 11) is -3.78. The molecule has 1 aliphatic rings. The van der Waals surface area contributed by atoms with E-state index in [0.29, 0.717) is 22.3 Å². The Morgan fingerprint density at radius 2 is 1.67 bits per heavy atom. The minimum Gasteiger partial charge on any atom is -0.322 e. The van der Waals surface area contributed by atoms with Crippen molar-refractivity contribution in [3.63, 3.8) is 0 Å². The maximum Gasteiger partial charge on any atom is 0.253 e. The van der Waals surface area contributed by atoms with E-state index in [4.69, 9.17) is 16.6 Å². The van der Waals surface area contributed by atoms with Crippen molar-refractivity contribution in [2.24, 2.45) is 0 Å². The van der Waals surface area contributed by atoms with E-state index in [0.717, 1.165) is 65.0 Å². The van der Waals surface area contributed by atoms with Gasteiger partial charge in [0.05, 0.1) is 17.6 Å². The third kappa shape index (κ3) is 6.40. The van der Waals surface area contributed by atoms with Crippen LogP contribution in [-0.2, 0) is 29.7 Å². The first-order chi connectivity index (χ1) is 20.8. The summed E-state index contributed by atoms with van der Waals surface area (Å²) in [5.41, 5.74) is 5.22. The van der Waals surface area contributed by atoms with Gasteiger partial charge >= 0.3 is 0 Å². The maximum absolute atomic E-state index is 14.3. The normalized spacial score (nSPS) is 14.8. The number of imidazole rings is 1. The highest BCUT2D eigenvalue weighted by Crippen LogP contribution is 2.37. The van der Waals surface area contributed by atoms with Gasteiger partial charge in [-0.3, -0.25) is 4.90 Å². The van der Waals surface area contributed by atoms with Crippen molar-refractivity contribution in [2.45, 2.75) is 69.8 Å². The van der Waals surface area contributed by atoms with Gasteiger partial charge in [-0.25, -0.2) is 13.4 Å². The van der Waals surface area contributed by atoms with Crippen LogP contribution in [0.3, 0.4) is 0 Å². The molecule has 6 nitrogen and oxygen atoms in total. The summed E-state index contributed by atoms with van der Waals surface area (Å²) in [4.78, 5) is 7.57. The van der Waals surface area contributed by atoms with E-state index in [2.05, 4.69) is 46.7 Å². The second kappa shape index (κ2) is 13.1. The van der Waals surface area contributed by atoms with E-state index in [-0.39, 0.29) is 6.54 Å². The Morgan fingerprint density at radius 3 is 2.44 bits per heavy atom. The Balaban J connectivity index is 1.37. The zero-order valence-corrected chi connectivity index (χ0v) is 27.3. The van der Waals surface area contributed by atoms with Gasteiger partial charge in [-0.1, -0.05) is 67.8 Å². The molecule has 1 fully saturated rings. The number of fused-ring (bicyclic) bond motifs is 2. The second-order valence-electron chi connectivity index (χ2n) is 11.6. The molecule has 3 aromatic carbocycles. The number of benzene rings is 3. The number of unbranched alkanes of at least 4 members (excludes halogenated alkanes) is 1. The Labute approximate surface area is 264 Å². The van der Waals surface area contributed by atoms with E-state index < -0.39 is 10.0 Å². The van der Waals surface area contributed by atoms with E-state index in [1.807, 2.05) is 43.3 Å². The third-order valence-electron chi connectivity index (χ3n) is 8.53. The van der Waals surface area contributed by atoms with Crippen molar-refractivity contribution in [2.75, 3.05) is 19.6 Å². The lowest BCUT2D eigenvalue weighted by molar-refractivity contribution is 0.220. The van der Waals surface area contributed by atoms with Crippen LogP contribution >= 0.6 is 22.9 Å². The summed E-state index contributed by atoms with van der Waals surface area (Å²) in [6, 6.07) is 22.4. The molecule has 5 aromatic rings. The van der Waals surface area contributed by atoms with Crippen molar-refractivity contribution >= 4 is 54.1 Å². The fourth-order valence-electron chi connectivity index (χ4n) is 6.13. The molecule has 0 unspecified atom stereocenters. The molecule has 9 heteroatoms. The van der Waals surface area contributed by atoms with Gasteiger partial charge in [0.2, 0.25) is 0 Å². The molecular weight excluding hydrogens is 596 g/mol. The number of piperidine rings is 1. The van der Waals surface area contributed by atoms with Crippen LogP contribution in [0.2, 0.25) is 5.02 Å². The minimum atomic E-state index is -3.78. The number of likely N-dealkylation sites (tertiary alicyclic amines) is 1. The number of hydrogen-bond donors (Lipinski definition) is 0. The molecule has 0 saturated carbocycles. The van der Waals surface area contributed by atoms with Crippen LogP contribution in [0.15, 0.2) is 70.9 Å². The zero-order chi connectivity index (χ0) is 30.0. The fourth-order valence-corrected chi connectivity index (χ4v) is 9.61. The number of aryl methyl sites for hydroxylation is 1. The predicted octanol–water partition coefficient (Wildman–Crippen LogP) is 8.24. The van der Waals surface area contributed by atoms with Crippen LogP contribution in [0.25, 0.3) is 21.1 Å². The zero-order valence-electron chi connectivity index (χ0n) is 24.9. The van der Waals surface area contributed by atoms with Crippen molar-refractivity contribution in [3.05, 3.63) is 94.3 Å².